The minimum absolute atomic E-state index is 0.0679. The van der Waals surface area contributed by atoms with Crippen LogP contribution < -0.4 is 5.32 Å². The zero-order valence-electron chi connectivity index (χ0n) is 18.9. The molecule has 0 aromatic heterocycles. The lowest BCUT2D eigenvalue weighted by Crippen LogP contribution is -2.42. The Morgan fingerprint density at radius 1 is 0.900 bits per heavy atom. The Morgan fingerprint density at radius 3 is 1.97 bits per heavy atom. The molecule has 2 atom stereocenters. The van der Waals surface area contributed by atoms with Gasteiger partial charge in [0.05, 0.1) is 0 Å². The molecule has 2 aromatic rings. The minimum atomic E-state index is -0.0908. The van der Waals surface area contributed by atoms with E-state index in [4.69, 9.17) is 0 Å². The van der Waals surface area contributed by atoms with Crippen LogP contribution >= 0.6 is 0 Å². The maximum absolute atomic E-state index is 12.8. The first-order chi connectivity index (χ1) is 14.1. The van der Waals surface area contributed by atoms with Crippen LogP contribution in [0.25, 0.3) is 0 Å². The molecule has 0 bridgehead atoms. The van der Waals surface area contributed by atoms with E-state index in [0.29, 0.717) is 29.5 Å². The Kier molecular flexibility index (Phi) is 6.64. The normalized spacial score (nSPS) is 19.4. The van der Waals surface area contributed by atoms with Crippen LogP contribution in [0.15, 0.2) is 48.5 Å². The largest absolute Gasteiger partial charge is 0.348 e. The summed E-state index contributed by atoms with van der Waals surface area (Å²) in [6.45, 7) is 13.0. The minimum Gasteiger partial charge on any atom is -0.348 e. The van der Waals surface area contributed by atoms with Crippen LogP contribution in [0.3, 0.4) is 0 Å². The molecule has 2 aromatic carbocycles. The lowest BCUT2D eigenvalue weighted by molar-refractivity contribution is 0.0623. The van der Waals surface area contributed by atoms with Crippen LogP contribution in [-0.4, -0.2) is 29.8 Å². The molecule has 1 N–H and O–H groups in total. The number of benzene rings is 2. The van der Waals surface area contributed by atoms with Crippen molar-refractivity contribution in [3.05, 3.63) is 70.8 Å². The highest BCUT2D eigenvalue weighted by atomic mass is 16.2. The molecule has 1 saturated heterocycles. The first-order valence-corrected chi connectivity index (χ1v) is 10.9. The third-order valence-corrected chi connectivity index (χ3v) is 5.82. The summed E-state index contributed by atoms with van der Waals surface area (Å²) in [6, 6.07) is 15.4. The fourth-order valence-electron chi connectivity index (χ4n) is 4.18. The monoisotopic (exact) mass is 406 g/mol. The van der Waals surface area contributed by atoms with Crippen LogP contribution in [-0.2, 0) is 12.0 Å². The summed E-state index contributed by atoms with van der Waals surface area (Å²) in [6.07, 6.45) is 1.18. The third-order valence-electron chi connectivity index (χ3n) is 5.82. The predicted octanol–water partition coefficient (Wildman–Crippen LogP) is 5.03. The van der Waals surface area contributed by atoms with E-state index >= 15 is 0 Å². The van der Waals surface area contributed by atoms with Crippen molar-refractivity contribution in [1.82, 2.24) is 10.2 Å². The fourth-order valence-corrected chi connectivity index (χ4v) is 4.18. The molecule has 0 spiro atoms. The van der Waals surface area contributed by atoms with Gasteiger partial charge in [0.15, 0.2) is 0 Å². The van der Waals surface area contributed by atoms with Crippen molar-refractivity contribution in [2.45, 2.75) is 53.0 Å². The summed E-state index contributed by atoms with van der Waals surface area (Å²) in [4.78, 5) is 27.2. The molecule has 0 aliphatic carbocycles. The molecule has 4 nitrogen and oxygen atoms in total. The molecule has 1 aliphatic heterocycles. The number of carbonyl (C=O) groups is 2. The molecular weight excluding hydrogens is 372 g/mol. The van der Waals surface area contributed by atoms with E-state index in [0.717, 1.165) is 18.7 Å². The van der Waals surface area contributed by atoms with Gasteiger partial charge in [-0.05, 0) is 59.1 Å². The van der Waals surface area contributed by atoms with Gasteiger partial charge in [0, 0.05) is 30.8 Å². The number of piperidine rings is 1. The molecule has 1 aliphatic rings. The average molecular weight is 407 g/mol. The smallest absolute Gasteiger partial charge is 0.253 e. The van der Waals surface area contributed by atoms with Crippen molar-refractivity contribution in [2.24, 2.45) is 11.8 Å². The third kappa shape index (κ3) is 5.50. The average Bonchev–Trinajstić information content (AvgIpc) is 2.70. The van der Waals surface area contributed by atoms with Gasteiger partial charge < -0.3 is 10.2 Å². The Balaban J connectivity index is 1.56. The molecule has 30 heavy (non-hydrogen) atoms. The number of nitrogens with one attached hydrogen (secondary N) is 1. The van der Waals surface area contributed by atoms with Crippen molar-refractivity contribution in [2.75, 3.05) is 13.1 Å². The second-order valence-electron chi connectivity index (χ2n) is 9.86. The van der Waals surface area contributed by atoms with Crippen LogP contribution in [0.2, 0.25) is 0 Å². The molecule has 4 heteroatoms. The SMILES string of the molecule is CC1CC(C)CN(C(=O)c2ccc(CNC(=O)c3ccc(C(C)(C)C)cc3)cc2)C1. The summed E-state index contributed by atoms with van der Waals surface area (Å²) in [5.74, 6) is 1.10. The molecule has 2 unspecified atom stereocenters. The van der Waals surface area contributed by atoms with E-state index in [1.807, 2.05) is 53.4 Å². The topological polar surface area (TPSA) is 49.4 Å². The molecule has 2 amide bonds. The van der Waals surface area contributed by atoms with E-state index < -0.39 is 0 Å². The molecule has 1 heterocycles. The van der Waals surface area contributed by atoms with E-state index in [-0.39, 0.29) is 17.2 Å². The van der Waals surface area contributed by atoms with Crippen molar-refractivity contribution >= 4 is 11.8 Å². The number of hydrogen-bond acceptors (Lipinski definition) is 2. The summed E-state index contributed by atoms with van der Waals surface area (Å²) in [7, 11) is 0. The second-order valence-corrected chi connectivity index (χ2v) is 9.86. The van der Waals surface area contributed by atoms with Crippen LogP contribution in [0.5, 0.6) is 0 Å². The summed E-state index contributed by atoms with van der Waals surface area (Å²) < 4.78 is 0. The van der Waals surface area contributed by atoms with Gasteiger partial charge in [0.25, 0.3) is 11.8 Å². The maximum atomic E-state index is 12.8. The van der Waals surface area contributed by atoms with Gasteiger partial charge in [-0.1, -0.05) is 58.9 Å². The maximum Gasteiger partial charge on any atom is 0.253 e. The van der Waals surface area contributed by atoms with Crippen LogP contribution in [0.1, 0.15) is 72.9 Å². The number of rotatable bonds is 4. The summed E-state index contributed by atoms with van der Waals surface area (Å²) in [5.41, 5.74) is 3.62. The summed E-state index contributed by atoms with van der Waals surface area (Å²) >= 11 is 0. The molecule has 160 valence electrons. The van der Waals surface area contributed by atoms with Crippen molar-refractivity contribution in [3.8, 4) is 0 Å². The molecule has 1 fully saturated rings. The number of carbonyl (C=O) groups excluding carboxylic acids is 2. The van der Waals surface area contributed by atoms with Crippen LogP contribution in [0, 0.1) is 11.8 Å². The van der Waals surface area contributed by atoms with Gasteiger partial charge in [-0.25, -0.2) is 0 Å². The number of likely N-dealkylation sites (tertiary alicyclic amines) is 1. The van der Waals surface area contributed by atoms with Gasteiger partial charge in [0.1, 0.15) is 0 Å². The van der Waals surface area contributed by atoms with E-state index in [1.54, 1.807) is 0 Å². The standard InChI is InChI=1S/C26H34N2O2/c1-18-14-19(2)17-28(16-18)25(30)22-8-6-20(7-9-22)15-27-24(29)21-10-12-23(13-11-21)26(3,4)5/h6-13,18-19H,14-17H2,1-5H3,(H,27,29). The van der Waals surface area contributed by atoms with Crippen molar-refractivity contribution in [3.63, 3.8) is 0 Å². The van der Waals surface area contributed by atoms with Gasteiger partial charge in [-0.2, -0.15) is 0 Å². The van der Waals surface area contributed by atoms with E-state index in [2.05, 4.69) is 39.9 Å². The Morgan fingerprint density at radius 2 is 1.43 bits per heavy atom. The fraction of sp³-hybridized carbons (Fsp3) is 0.462. The number of hydrogen-bond donors (Lipinski definition) is 1. The number of amides is 2. The highest BCUT2D eigenvalue weighted by molar-refractivity contribution is 5.95. The second kappa shape index (κ2) is 9.03. The van der Waals surface area contributed by atoms with Crippen molar-refractivity contribution in [1.29, 1.82) is 0 Å². The van der Waals surface area contributed by atoms with Gasteiger partial charge in [0.2, 0.25) is 0 Å². The van der Waals surface area contributed by atoms with E-state index in [1.165, 1.54) is 12.0 Å². The lowest BCUT2D eigenvalue weighted by atomic mass is 9.87. The van der Waals surface area contributed by atoms with Gasteiger partial charge >= 0.3 is 0 Å². The Labute approximate surface area is 180 Å². The highest BCUT2D eigenvalue weighted by Gasteiger charge is 2.26. The molecule has 3 rings (SSSR count). The van der Waals surface area contributed by atoms with Gasteiger partial charge in [-0.15, -0.1) is 0 Å². The molecule has 0 radical (unpaired) electrons. The predicted molar refractivity (Wildman–Crippen MR) is 122 cm³/mol. The summed E-state index contributed by atoms with van der Waals surface area (Å²) in [5, 5.41) is 2.96. The molecule has 0 saturated carbocycles. The zero-order chi connectivity index (χ0) is 21.9. The lowest BCUT2D eigenvalue weighted by Gasteiger charge is -2.35. The van der Waals surface area contributed by atoms with Crippen molar-refractivity contribution < 1.29 is 9.59 Å². The zero-order valence-corrected chi connectivity index (χ0v) is 18.9. The quantitative estimate of drug-likeness (QED) is 0.774. The first kappa shape index (κ1) is 22.1. The highest BCUT2D eigenvalue weighted by Crippen LogP contribution is 2.23. The molecular formula is C26H34N2O2. The van der Waals surface area contributed by atoms with Gasteiger partial charge in [-0.3, -0.25) is 9.59 Å². The Hall–Kier alpha value is -2.62. The van der Waals surface area contributed by atoms with E-state index in [9.17, 15) is 9.59 Å². The Bertz CT molecular complexity index is 869. The number of nitrogens with zero attached hydrogens (tertiary/aromatic N) is 1. The first-order valence-electron chi connectivity index (χ1n) is 10.9. The van der Waals surface area contributed by atoms with Crippen LogP contribution in [0.4, 0.5) is 0 Å².